The normalized spacial score (nSPS) is 11.4. The molecule has 0 aliphatic rings. The summed E-state index contributed by atoms with van der Waals surface area (Å²) in [7, 11) is 0. The average Bonchev–Trinajstić information content (AvgIpc) is 3.08. The van der Waals surface area contributed by atoms with Crippen molar-refractivity contribution in [1.82, 2.24) is 4.57 Å². The molecule has 0 radical (unpaired) electrons. The van der Waals surface area contributed by atoms with Crippen LogP contribution in [0.3, 0.4) is 0 Å². The van der Waals surface area contributed by atoms with E-state index in [1.807, 2.05) is 42.5 Å². The number of nitrogens with zero attached hydrogens (tertiary/aromatic N) is 1. The van der Waals surface area contributed by atoms with Crippen molar-refractivity contribution >= 4 is 74.1 Å². The molecule has 0 spiro atoms. The van der Waals surface area contributed by atoms with Crippen LogP contribution in [-0.2, 0) is 6.54 Å². The van der Waals surface area contributed by atoms with Gasteiger partial charge in [0, 0.05) is 48.5 Å². The first-order valence-electron chi connectivity index (χ1n) is 10.1. The average molecular weight is 514 g/mol. The van der Waals surface area contributed by atoms with Crippen LogP contribution < -0.4 is 5.73 Å². The van der Waals surface area contributed by atoms with Crippen LogP contribution >= 0.6 is 46.4 Å². The molecule has 164 valence electrons. The van der Waals surface area contributed by atoms with Gasteiger partial charge in [0.1, 0.15) is 0 Å². The van der Waals surface area contributed by atoms with E-state index in [0.29, 0.717) is 32.2 Å². The second-order valence-corrected chi connectivity index (χ2v) is 9.43. The quantitative estimate of drug-likeness (QED) is 0.258. The number of aromatic nitrogens is 1. The number of benzene rings is 4. The Morgan fingerprint density at radius 3 is 2.21 bits per heavy atom. The smallest absolute Gasteiger partial charge is 0.249 e. The maximum Gasteiger partial charge on any atom is 0.249 e. The second-order valence-electron chi connectivity index (χ2n) is 7.74. The Labute approximate surface area is 210 Å². The van der Waals surface area contributed by atoms with E-state index in [0.717, 1.165) is 38.5 Å². The second kappa shape index (κ2) is 8.58. The molecule has 4 aromatic carbocycles. The summed E-state index contributed by atoms with van der Waals surface area (Å²) in [4.78, 5) is 12.2. The lowest BCUT2D eigenvalue weighted by molar-refractivity contribution is 0.100. The number of rotatable bonds is 4. The number of fused-ring (bicyclic) bond motifs is 3. The van der Waals surface area contributed by atoms with E-state index in [2.05, 4.69) is 10.6 Å². The summed E-state index contributed by atoms with van der Waals surface area (Å²) < 4.78 is 2.12. The predicted molar refractivity (Wildman–Crippen MR) is 139 cm³/mol. The van der Waals surface area contributed by atoms with E-state index < -0.39 is 5.91 Å². The number of nitrogens with two attached hydrogens (primary N) is 1. The van der Waals surface area contributed by atoms with Gasteiger partial charge in [-0.25, -0.2) is 0 Å². The fourth-order valence-electron chi connectivity index (χ4n) is 4.23. The Morgan fingerprint density at radius 2 is 1.52 bits per heavy atom. The van der Waals surface area contributed by atoms with Crippen LogP contribution in [0.25, 0.3) is 32.9 Å². The first-order chi connectivity index (χ1) is 15.8. The lowest BCUT2D eigenvalue weighted by atomic mass is 10.0. The number of carbonyl (C=O) groups excluding carboxylic acids is 1. The van der Waals surface area contributed by atoms with Crippen LogP contribution in [0.4, 0.5) is 0 Å². The van der Waals surface area contributed by atoms with Gasteiger partial charge in [-0.3, -0.25) is 4.79 Å². The molecule has 3 nitrogen and oxygen atoms in total. The number of hydrogen-bond acceptors (Lipinski definition) is 1. The van der Waals surface area contributed by atoms with Gasteiger partial charge in [-0.2, -0.15) is 0 Å². The van der Waals surface area contributed by atoms with Crippen molar-refractivity contribution in [2.75, 3.05) is 0 Å². The predicted octanol–water partition coefficient (Wildman–Crippen LogP) is 8.22. The fraction of sp³-hybridized carbons (Fsp3) is 0.0385. The van der Waals surface area contributed by atoms with Crippen LogP contribution in [0.1, 0.15) is 15.9 Å². The van der Waals surface area contributed by atoms with Crippen LogP contribution in [0.15, 0.2) is 72.8 Å². The number of halogens is 4. The highest BCUT2D eigenvalue weighted by atomic mass is 35.5. The van der Waals surface area contributed by atoms with Crippen LogP contribution in [0.5, 0.6) is 0 Å². The highest BCUT2D eigenvalue weighted by molar-refractivity contribution is 6.36. The molecule has 1 amide bonds. The van der Waals surface area contributed by atoms with Gasteiger partial charge in [-0.15, -0.1) is 0 Å². The zero-order valence-corrected chi connectivity index (χ0v) is 20.1. The van der Waals surface area contributed by atoms with Gasteiger partial charge in [-0.1, -0.05) is 76.7 Å². The Bertz CT molecular complexity index is 1570. The number of amides is 1. The largest absolute Gasteiger partial charge is 0.366 e. The molecule has 0 aliphatic heterocycles. The molecule has 0 bridgehead atoms. The minimum absolute atomic E-state index is 0.468. The molecule has 33 heavy (non-hydrogen) atoms. The van der Waals surface area contributed by atoms with E-state index in [1.165, 1.54) is 0 Å². The highest BCUT2D eigenvalue weighted by Crippen LogP contribution is 2.37. The molecule has 5 aromatic rings. The molecule has 5 rings (SSSR count). The first kappa shape index (κ1) is 22.1. The van der Waals surface area contributed by atoms with Gasteiger partial charge in [0.15, 0.2) is 0 Å². The summed E-state index contributed by atoms with van der Waals surface area (Å²) in [6, 6.07) is 22.4. The first-order valence-corrected chi connectivity index (χ1v) is 11.6. The van der Waals surface area contributed by atoms with E-state index in [4.69, 9.17) is 52.1 Å². The third-order valence-corrected chi connectivity index (χ3v) is 6.88. The van der Waals surface area contributed by atoms with Crippen molar-refractivity contribution in [1.29, 1.82) is 0 Å². The van der Waals surface area contributed by atoms with Gasteiger partial charge in [0.25, 0.3) is 0 Å². The Balaban J connectivity index is 1.81. The van der Waals surface area contributed by atoms with Crippen molar-refractivity contribution in [3.63, 3.8) is 0 Å². The SMILES string of the molecule is NC(=O)c1cccc2c1c1ccc(-c3ccc(Cl)cc3Cl)cc1n2Cc1ccc(Cl)cc1Cl. The van der Waals surface area contributed by atoms with Gasteiger partial charge in [0.2, 0.25) is 5.91 Å². The summed E-state index contributed by atoms with van der Waals surface area (Å²) in [6.07, 6.45) is 0. The van der Waals surface area contributed by atoms with Crippen LogP contribution in [0.2, 0.25) is 20.1 Å². The van der Waals surface area contributed by atoms with Crippen molar-refractivity contribution < 1.29 is 4.79 Å². The molecule has 0 saturated carbocycles. The van der Waals surface area contributed by atoms with Gasteiger partial charge >= 0.3 is 0 Å². The Hall–Kier alpha value is -2.69. The Kier molecular flexibility index (Phi) is 5.75. The minimum atomic E-state index is -0.478. The number of primary amides is 1. The zero-order valence-electron chi connectivity index (χ0n) is 17.1. The molecule has 0 fully saturated rings. The van der Waals surface area contributed by atoms with E-state index in [-0.39, 0.29) is 0 Å². The summed E-state index contributed by atoms with van der Waals surface area (Å²) >= 11 is 25.2. The molecule has 1 heterocycles. The monoisotopic (exact) mass is 512 g/mol. The molecular weight excluding hydrogens is 498 g/mol. The van der Waals surface area contributed by atoms with Crippen molar-refractivity contribution in [3.05, 3.63) is 104 Å². The third-order valence-electron chi connectivity index (χ3n) is 5.74. The van der Waals surface area contributed by atoms with Gasteiger partial charge in [-0.05, 0) is 53.6 Å². The van der Waals surface area contributed by atoms with E-state index in [9.17, 15) is 4.79 Å². The van der Waals surface area contributed by atoms with E-state index >= 15 is 0 Å². The molecule has 2 N–H and O–H groups in total. The molecule has 7 heteroatoms. The van der Waals surface area contributed by atoms with E-state index in [1.54, 1.807) is 24.3 Å². The highest BCUT2D eigenvalue weighted by Gasteiger charge is 2.18. The standard InChI is InChI=1S/C26H16Cl4N2O/c27-16-6-4-15(21(29)11-16)13-32-23-3-1-2-20(26(31)33)25(23)19-8-5-14(10-24(19)32)18-9-7-17(28)12-22(18)30/h1-12H,13H2,(H2,31,33). The molecular formula is C26H16Cl4N2O. The lowest BCUT2D eigenvalue weighted by Gasteiger charge is -2.11. The van der Waals surface area contributed by atoms with Gasteiger partial charge < -0.3 is 10.3 Å². The van der Waals surface area contributed by atoms with Crippen molar-refractivity contribution in [3.8, 4) is 11.1 Å². The third kappa shape index (κ3) is 3.96. The van der Waals surface area contributed by atoms with Crippen molar-refractivity contribution in [2.24, 2.45) is 5.73 Å². The van der Waals surface area contributed by atoms with Crippen LogP contribution in [-0.4, -0.2) is 10.5 Å². The number of hydrogen-bond donors (Lipinski definition) is 1. The molecule has 0 saturated heterocycles. The van der Waals surface area contributed by atoms with Crippen LogP contribution in [0, 0.1) is 0 Å². The maximum absolute atomic E-state index is 12.2. The zero-order chi connectivity index (χ0) is 23.3. The van der Waals surface area contributed by atoms with Crippen molar-refractivity contribution in [2.45, 2.75) is 6.54 Å². The topological polar surface area (TPSA) is 48.0 Å². The fourth-order valence-corrected chi connectivity index (χ4v) is 5.22. The molecule has 0 atom stereocenters. The van der Waals surface area contributed by atoms with Gasteiger partial charge in [0.05, 0.1) is 11.0 Å². The summed E-state index contributed by atoms with van der Waals surface area (Å²) in [5, 5.41) is 3.99. The lowest BCUT2D eigenvalue weighted by Crippen LogP contribution is -2.11. The summed E-state index contributed by atoms with van der Waals surface area (Å²) in [5.41, 5.74) is 10.7. The maximum atomic E-state index is 12.2. The minimum Gasteiger partial charge on any atom is -0.366 e. The number of carbonyl (C=O) groups is 1. The summed E-state index contributed by atoms with van der Waals surface area (Å²) in [6.45, 7) is 0.482. The molecule has 0 unspecified atom stereocenters. The molecule has 0 aliphatic carbocycles. The Morgan fingerprint density at radius 1 is 0.788 bits per heavy atom. The summed E-state index contributed by atoms with van der Waals surface area (Å²) in [5.74, 6) is -0.478. The molecule has 1 aromatic heterocycles.